The predicted molar refractivity (Wildman–Crippen MR) is 125 cm³/mol. The summed E-state index contributed by atoms with van der Waals surface area (Å²) >= 11 is 0. The largest absolute Gasteiger partial charge is 0.373 e. The molecule has 28 heavy (non-hydrogen) atoms. The number of piperidine rings is 1. The van der Waals surface area contributed by atoms with E-state index >= 15 is 0 Å². The summed E-state index contributed by atoms with van der Waals surface area (Å²) in [6, 6.07) is 0.366. The highest BCUT2D eigenvalue weighted by Crippen LogP contribution is 2.21. The fraction of sp³-hybridized carbons (Fsp3) is 0.900. The molecule has 2 aliphatic heterocycles. The molecule has 7 nitrogen and oxygen atoms in total. The van der Waals surface area contributed by atoms with E-state index in [1.54, 1.807) is 6.92 Å². The van der Waals surface area contributed by atoms with E-state index in [1.807, 2.05) is 4.90 Å². The van der Waals surface area contributed by atoms with Gasteiger partial charge in [0, 0.05) is 51.2 Å². The third-order valence-electron chi connectivity index (χ3n) is 5.53. The molecular weight excluding hydrogens is 469 g/mol. The van der Waals surface area contributed by atoms with Crippen LogP contribution in [0.1, 0.15) is 54.4 Å². The molecule has 2 unspecified atom stereocenters. The van der Waals surface area contributed by atoms with Gasteiger partial charge in [-0.05, 0) is 47.5 Å². The zero-order valence-corrected chi connectivity index (χ0v) is 20.8. The second-order valence-corrected chi connectivity index (χ2v) is 8.59. The minimum atomic E-state index is -0.0212. The van der Waals surface area contributed by atoms with E-state index in [9.17, 15) is 4.79 Å². The number of hydrogen-bond donors (Lipinski definition) is 2. The van der Waals surface area contributed by atoms with Gasteiger partial charge in [-0.15, -0.1) is 24.0 Å². The smallest absolute Gasteiger partial charge is 0.219 e. The third kappa shape index (κ3) is 7.67. The number of amides is 1. The van der Waals surface area contributed by atoms with Crippen molar-refractivity contribution in [1.29, 1.82) is 0 Å². The molecule has 2 saturated heterocycles. The average molecular weight is 509 g/mol. The fourth-order valence-electron chi connectivity index (χ4n) is 3.90. The van der Waals surface area contributed by atoms with Crippen LogP contribution >= 0.6 is 24.0 Å². The molecular formula is C20H40IN5O2. The lowest BCUT2D eigenvalue weighted by molar-refractivity contribution is -0.129. The summed E-state index contributed by atoms with van der Waals surface area (Å²) in [5, 5.41) is 6.94. The van der Waals surface area contributed by atoms with Crippen molar-refractivity contribution < 1.29 is 9.53 Å². The van der Waals surface area contributed by atoms with Gasteiger partial charge in [-0.25, -0.2) is 0 Å². The number of halogens is 1. The van der Waals surface area contributed by atoms with E-state index in [0.29, 0.717) is 6.04 Å². The van der Waals surface area contributed by atoms with Gasteiger partial charge >= 0.3 is 0 Å². The predicted octanol–water partition coefficient (Wildman–Crippen LogP) is 2.06. The fourth-order valence-corrected chi connectivity index (χ4v) is 3.90. The van der Waals surface area contributed by atoms with Crippen LogP contribution < -0.4 is 10.6 Å². The number of ether oxygens (including phenoxy) is 1. The molecule has 0 aromatic carbocycles. The molecule has 0 radical (unpaired) electrons. The number of guanidine groups is 1. The number of carbonyl (C=O) groups excluding carboxylic acids is 1. The highest BCUT2D eigenvalue weighted by atomic mass is 127. The number of hydrogen-bond acceptors (Lipinski definition) is 4. The van der Waals surface area contributed by atoms with E-state index in [1.165, 1.54) is 0 Å². The first kappa shape index (κ1) is 25.4. The number of morpholine rings is 1. The van der Waals surface area contributed by atoms with Gasteiger partial charge in [-0.1, -0.05) is 0 Å². The minimum absolute atomic E-state index is 0. The lowest BCUT2D eigenvalue weighted by Gasteiger charge is -2.44. The zero-order chi connectivity index (χ0) is 20.0. The third-order valence-corrected chi connectivity index (χ3v) is 5.53. The van der Waals surface area contributed by atoms with Gasteiger partial charge in [-0.2, -0.15) is 0 Å². The lowest BCUT2D eigenvalue weighted by atomic mass is 10.0. The lowest BCUT2D eigenvalue weighted by Crippen LogP contribution is -2.56. The van der Waals surface area contributed by atoms with Crippen LogP contribution in [0.15, 0.2) is 4.99 Å². The molecule has 0 aromatic rings. The molecule has 0 spiro atoms. The van der Waals surface area contributed by atoms with Crippen molar-refractivity contribution in [2.24, 2.45) is 4.99 Å². The van der Waals surface area contributed by atoms with Gasteiger partial charge in [0.05, 0.1) is 18.8 Å². The Balaban J connectivity index is 0.00000392. The topological polar surface area (TPSA) is 69.2 Å². The van der Waals surface area contributed by atoms with Crippen molar-refractivity contribution >= 4 is 35.8 Å². The first-order chi connectivity index (χ1) is 12.7. The number of likely N-dealkylation sites (tertiary alicyclic amines) is 1. The van der Waals surface area contributed by atoms with Crippen LogP contribution in [0.5, 0.6) is 0 Å². The molecule has 2 fully saturated rings. The number of nitrogens with zero attached hydrogens (tertiary/aromatic N) is 3. The Kier molecular flexibility index (Phi) is 10.5. The van der Waals surface area contributed by atoms with E-state index in [4.69, 9.17) is 9.73 Å². The second-order valence-electron chi connectivity index (χ2n) is 8.59. The van der Waals surface area contributed by atoms with Crippen molar-refractivity contribution in [3.8, 4) is 0 Å². The average Bonchev–Trinajstić information content (AvgIpc) is 2.59. The highest BCUT2D eigenvalue weighted by molar-refractivity contribution is 14.0. The monoisotopic (exact) mass is 509 g/mol. The molecule has 0 saturated carbocycles. The molecule has 0 aromatic heterocycles. The van der Waals surface area contributed by atoms with Crippen LogP contribution in [0.2, 0.25) is 0 Å². The molecule has 2 N–H and O–H groups in total. The second kappa shape index (κ2) is 11.5. The number of carbonyl (C=O) groups is 1. The Morgan fingerprint density at radius 1 is 1.18 bits per heavy atom. The summed E-state index contributed by atoms with van der Waals surface area (Å²) in [5.41, 5.74) is -0.0212. The van der Waals surface area contributed by atoms with E-state index in [-0.39, 0.29) is 47.6 Å². The van der Waals surface area contributed by atoms with Gasteiger partial charge < -0.3 is 20.3 Å². The van der Waals surface area contributed by atoms with Crippen LogP contribution in [0, 0.1) is 0 Å². The maximum absolute atomic E-state index is 11.5. The Bertz CT molecular complexity index is 511. The van der Waals surface area contributed by atoms with Gasteiger partial charge in [0.15, 0.2) is 5.96 Å². The first-order valence-electron chi connectivity index (χ1n) is 10.4. The van der Waals surface area contributed by atoms with Crippen LogP contribution in [0.25, 0.3) is 0 Å². The first-order valence-corrected chi connectivity index (χ1v) is 10.4. The summed E-state index contributed by atoms with van der Waals surface area (Å²) in [4.78, 5) is 20.8. The summed E-state index contributed by atoms with van der Waals surface area (Å²) in [6.45, 7) is 17.6. The molecule has 2 aliphatic rings. The molecule has 2 rings (SSSR count). The van der Waals surface area contributed by atoms with Gasteiger partial charge in [0.25, 0.3) is 0 Å². The van der Waals surface area contributed by atoms with Crippen molar-refractivity contribution in [3.63, 3.8) is 0 Å². The SMILES string of the molecule is CCNC(=NCC(C)(C)N1CC(C)OC(C)C1)NC1CCN(C(C)=O)CC1.I. The molecule has 0 aliphatic carbocycles. The summed E-state index contributed by atoms with van der Waals surface area (Å²) in [5.74, 6) is 1.05. The maximum Gasteiger partial charge on any atom is 0.219 e. The van der Waals surface area contributed by atoms with Crippen LogP contribution in [0.4, 0.5) is 0 Å². The van der Waals surface area contributed by atoms with Crippen LogP contribution in [-0.4, -0.2) is 84.7 Å². The quantitative estimate of drug-likeness (QED) is 0.338. The maximum atomic E-state index is 11.5. The molecule has 2 heterocycles. The molecule has 2 atom stereocenters. The van der Waals surface area contributed by atoms with Gasteiger partial charge in [0.1, 0.15) is 0 Å². The standard InChI is InChI=1S/C20H39N5O2.HI/c1-7-21-19(23-18-8-10-24(11-9-18)17(4)26)22-14-20(5,6)25-12-15(2)27-16(3)13-25;/h15-16,18H,7-14H2,1-6H3,(H2,21,22,23);1H. The van der Waals surface area contributed by atoms with Gasteiger partial charge in [0.2, 0.25) is 5.91 Å². The summed E-state index contributed by atoms with van der Waals surface area (Å²) < 4.78 is 5.87. The van der Waals surface area contributed by atoms with Crippen LogP contribution in [0.3, 0.4) is 0 Å². The van der Waals surface area contributed by atoms with E-state index in [2.05, 4.69) is 50.2 Å². The zero-order valence-electron chi connectivity index (χ0n) is 18.5. The van der Waals surface area contributed by atoms with E-state index in [0.717, 1.165) is 58.1 Å². The highest BCUT2D eigenvalue weighted by Gasteiger charge is 2.33. The van der Waals surface area contributed by atoms with Crippen molar-refractivity contribution in [3.05, 3.63) is 0 Å². The normalized spacial score (nSPS) is 25.2. The Morgan fingerprint density at radius 2 is 1.75 bits per heavy atom. The molecule has 0 bridgehead atoms. The molecule has 8 heteroatoms. The Hall–Kier alpha value is -0.610. The Morgan fingerprint density at radius 3 is 2.25 bits per heavy atom. The molecule has 164 valence electrons. The van der Waals surface area contributed by atoms with E-state index < -0.39 is 0 Å². The minimum Gasteiger partial charge on any atom is -0.373 e. The van der Waals surface area contributed by atoms with Crippen LogP contribution in [-0.2, 0) is 9.53 Å². The number of aliphatic imine (C=N–C) groups is 1. The summed E-state index contributed by atoms with van der Waals surface area (Å²) in [6.07, 6.45) is 2.45. The van der Waals surface area contributed by atoms with Crippen molar-refractivity contribution in [1.82, 2.24) is 20.4 Å². The Labute approximate surface area is 188 Å². The molecule has 1 amide bonds. The number of nitrogens with one attached hydrogen (secondary N) is 2. The van der Waals surface area contributed by atoms with Gasteiger partial charge in [-0.3, -0.25) is 14.7 Å². The van der Waals surface area contributed by atoms with Crippen molar-refractivity contribution in [2.75, 3.05) is 39.3 Å². The van der Waals surface area contributed by atoms with Crippen molar-refractivity contribution in [2.45, 2.75) is 78.2 Å². The summed E-state index contributed by atoms with van der Waals surface area (Å²) in [7, 11) is 0. The number of rotatable bonds is 5.